The summed E-state index contributed by atoms with van der Waals surface area (Å²) in [7, 11) is 0. The van der Waals surface area contributed by atoms with Crippen LogP contribution in [0.5, 0.6) is 0 Å². The van der Waals surface area contributed by atoms with Crippen molar-refractivity contribution < 1.29 is 38.8 Å². The average molecular weight is 623 g/mol. The molecular weight excluding hydrogens is 602 g/mol. The number of rotatable bonds is 9. The third kappa shape index (κ3) is 5.11. The molecule has 2 amide bonds. The lowest BCUT2D eigenvalue weighted by atomic mass is 10.0. The van der Waals surface area contributed by atoms with Crippen LogP contribution in [0.15, 0.2) is 34.8 Å². The fourth-order valence-electron chi connectivity index (χ4n) is 4.23. The van der Waals surface area contributed by atoms with E-state index < -0.39 is 47.0 Å². The number of carboxylic acid groups (broad SMARTS) is 2. The first kappa shape index (κ1) is 28.1. The van der Waals surface area contributed by atoms with Crippen molar-refractivity contribution in [3.05, 3.63) is 39.6 Å². The molecule has 1 saturated heterocycles. The highest BCUT2D eigenvalue weighted by atomic mass is 35.5. The number of β-lactam (4-membered cyclic amide) rings is 1. The monoisotopic (exact) mass is 622 g/mol. The Balaban J connectivity index is 1.39. The number of fused-ring (bicyclic) bond motifs is 2. The van der Waals surface area contributed by atoms with E-state index in [0.29, 0.717) is 22.4 Å². The van der Waals surface area contributed by atoms with Crippen LogP contribution in [0.25, 0.3) is 11.0 Å². The zero-order valence-electron chi connectivity index (χ0n) is 20.9. The number of thioether (sulfide) groups is 1. The van der Waals surface area contributed by atoms with Gasteiger partial charge in [0.1, 0.15) is 39.1 Å². The molecule has 0 aromatic carbocycles. The number of aliphatic carboxylic acids is 2. The molecule has 214 valence electrons. The lowest BCUT2D eigenvalue weighted by molar-refractivity contribution is -0.665. The van der Waals surface area contributed by atoms with Crippen molar-refractivity contribution in [1.82, 2.24) is 25.4 Å². The second-order valence-corrected chi connectivity index (χ2v) is 11.6. The number of thiazole rings is 1. The van der Waals surface area contributed by atoms with E-state index in [-0.39, 0.29) is 33.2 Å². The van der Waals surface area contributed by atoms with Crippen LogP contribution >= 0.6 is 34.7 Å². The van der Waals surface area contributed by atoms with Gasteiger partial charge in [-0.2, -0.15) is 5.10 Å². The van der Waals surface area contributed by atoms with Crippen LogP contribution in [-0.4, -0.2) is 83.0 Å². The number of anilines is 2. The number of pyridine rings is 1. The number of nitrogens with zero attached hydrogens (tertiary/aromatic N) is 5. The highest BCUT2D eigenvalue weighted by Gasteiger charge is 2.54. The maximum Gasteiger partial charge on any atom is 0.359 e. The Morgan fingerprint density at radius 2 is 2.15 bits per heavy atom. The van der Waals surface area contributed by atoms with E-state index >= 15 is 0 Å². The van der Waals surface area contributed by atoms with E-state index in [9.17, 15) is 24.3 Å². The van der Waals surface area contributed by atoms with Gasteiger partial charge in [-0.1, -0.05) is 28.1 Å². The van der Waals surface area contributed by atoms with Gasteiger partial charge in [0.25, 0.3) is 11.8 Å². The van der Waals surface area contributed by atoms with Crippen LogP contribution in [0.3, 0.4) is 0 Å². The molecule has 5 heterocycles. The number of nitrogens with one attached hydrogen (secondary N) is 2. The van der Waals surface area contributed by atoms with Crippen molar-refractivity contribution in [2.45, 2.75) is 31.0 Å². The van der Waals surface area contributed by atoms with Gasteiger partial charge >= 0.3 is 17.6 Å². The minimum Gasteiger partial charge on any atom is -0.478 e. The number of H-pyrrole nitrogens is 1. The number of nitrogen functional groups attached to an aromatic ring is 2. The van der Waals surface area contributed by atoms with E-state index in [0.717, 1.165) is 16.2 Å². The molecule has 0 spiro atoms. The summed E-state index contributed by atoms with van der Waals surface area (Å²) in [6.07, 6.45) is 0.308. The topological polar surface area (TPSA) is 243 Å². The number of aromatic amines is 1. The van der Waals surface area contributed by atoms with E-state index in [1.54, 1.807) is 22.9 Å². The Labute approximate surface area is 243 Å². The first-order chi connectivity index (χ1) is 19.5. The van der Waals surface area contributed by atoms with Crippen LogP contribution in [0, 0.1) is 0 Å². The first-order valence-corrected chi connectivity index (χ1v) is 13.9. The smallest absolute Gasteiger partial charge is 0.359 e. The number of oxime groups is 1. The highest BCUT2D eigenvalue weighted by molar-refractivity contribution is 8.00. The summed E-state index contributed by atoms with van der Waals surface area (Å²) in [4.78, 5) is 59.9. The summed E-state index contributed by atoms with van der Waals surface area (Å²) in [5.41, 5.74) is 11.7. The van der Waals surface area contributed by atoms with Gasteiger partial charge in [-0.15, -0.1) is 11.8 Å². The minimum atomic E-state index is -1.41. The Morgan fingerprint density at radius 1 is 1.39 bits per heavy atom. The fourth-order valence-corrected chi connectivity index (χ4v) is 6.49. The van der Waals surface area contributed by atoms with Gasteiger partial charge in [-0.3, -0.25) is 14.5 Å². The van der Waals surface area contributed by atoms with Crippen molar-refractivity contribution in [2.24, 2.45) is 5.16 Å². The molecule has 3 aromatic rings. The van der Waals surface area contributed by atoms with Gasteiger partial charge < -0.3 is 31.8 Å². The number of nitrogens with two attached hydrogens (primary N) is 2. The number of hydrogen-bond donors (Lipinski definition) is 6. The molecule has 16 nitrogen and oxygen atoms in total. The molecule has 3 aromatic heterocycles. The molecule has 0 saturated carbocycles. The highest BCUT2D eigenvalue weighted by Crippen LogP contribution is 2.40. The minimum absolute atomic E-state index is 0.0106. The number of hydrogen-bond acceptors (Lipinski definition) is 12. The van der Waals surface area contributed by atoms with Gasteiger partial charge in [0, 0.05) is 11.3 Å². The Hall–Kier alpha value is -4.42. The summed E-state index contributed by atoms with van der Waals surface area (Å²) < 4.78 is 1.71. The quantitative estimate of drug-likeness (QED) is 0.0783. The standard InChI is InChI=1S/C22H20ClN9O7S2/c1-7(20(35)36)39-30-11(10-14(23)41-22(25)27-10)17(33)26-12-18(34)32-13(21(37)38)8(6-40-19(12)32)5-31-4-2-3-9-15(24)28-29-16(9)31/h2-4,7,12,19H,5-6H2,1H3,(H7,24,25,26,27,28,33,35,36,37,38)/p+1/t7-,12?,19?/m0/s1. The first-order valence-electron chi connectivity index (χ1n) is 11.7. The second-order valence-electron chi connectivity index (χ2n) is 8.83. The third-order valence-electron chi connectivity index (χ3n) is 6.20. The van der Waals surface area contributed by atoms with E-state index in [1.807, 2.05) is 0 Å². The Bertz CT molecular complexity index is 1670. The second kappa shape index (κ2) is 10.9. The predicted octanol–water partition coefficient (Wildman–Crippen LogP) is -0.243. The fraction of sp³-hybridized carbons (Fsp3) is 0.273. The summed E-state index contributed by atoms with van der Waals surface area (Å²) >= 11 is 8.25. The maximum atomic E-state index is 13.2. The molecule has 2 aliphatic heterocycles. The number of carbonyl (C=O) groups excluding carboxylic acids is 2. The van der Waals surface area contributed by atoms with Crippen LogP contribution in [-0.2, 0) is 30.6 Å². The summed E-state index contributed by atoms with van der Waals surface area (Å²) in [6, 6.07) is 2.39. The average Bonchev–Trinajstić information content (AvgIpc) is 3.47. The molecule has 2 aliphatic rings. The molecule has 0 bridgehead atoms. The lowest BCUT2D eigenvalue weighted by Crippen LogP contribution is -2.71. The van der Waals surface area contributed by atoms with Gasteiger partial charge in [0.05, 0.1) is 11.3 Å². The number of halogens is 1. The molecule has 2 unspecified atom stereocenters. The van der Waals surface area contributed by atoms with Crippen LogP contribution in [0.1, 0.15) is 12.6 Å². The molecule has 19 heteroatoms. The van der Waals surface area contributed by atoms with Gasteiger partial charge in [0.15, 0.2) is 16.7 Å². The maximum absolute atomic E-state index is 13.2. The van der Waals surface area contributed by atoms with Crippen molar-refractivity contribution in [2.75, 3.05) is 17.2 Å². The Morgan fingerprint density at radius 3 is 2.80 bits per heavy atom. The molecular formula is C22H21ClN9O7S2+. The van der Waals surface area contributed by atoms with Crippen LogP contribution < -0.4 is 21.4 Å². The van der Waals surface area contributed by atoms with E-state index in [4.69, 9.17) is 33.0 Å². The number of carbonyl (C=O) groups is 4. The zero-order chi connectivity index (χ0) is 29.6. The Kier molecular flexibility index (Phi) is 7.45. The molecule has 8 N–H and O–H groups in total. The van der Waals surface area contributed by atoms with Crippen molar-refractivity contribution >= 4 is 86.1 Å². The molecule has 3 atom stereocenters. The van der Waals surface area contributed by atoms with E-state index in [1.165, 1.54) is 18.7 Å². The number of amides is 2. The van der Waals surface area contributed by atoms with Crippen molar-refractivity contribution in [3.8, 4) is 0 Å². The van der Waals surface area contributed by atoms with Crippen molar-refractivity contribution in [1.29, 1.82) is 0 Å². The molecule has 0 radical (unpaired) electrons. The SMILES string of the molecule is C[C@H](ON=C(C(=O)NC1C(=O)N2C(C(=O)O)=C(C[n+]3cccc4c(N)[nH]nc43)CSC12)c1nc(N)sc1Cl)C(=O)O. The third-order valence-corrected chi connectivity index (χ3v) is 8.63. The number of carboxylic acids is 2. The van der Waals surface area contributed by atoms with Crippen LogP contribution in [0.2, 0.25) is 4.34 Å². The van der Waals surface area contributed by atoms with E-state index in [2.05, 4.69) is 25.7 Å². The summed E-state index contributed by atoms with van der Waals surface area (Å²) in [5, 5.41) is 32.1. The normalized spacial score (nSPS) is 19.5. The van der Waals surface area contributed by atoms with Crippen molar-refractivity contribution in [3.63, 3.8) is 0 Å². The molecule has 5 rings (SSSR count). The lowest BCUT2D eigenvalue weighted by Gasteiger charge is -2.49. The predicted molar refractivity (Wildman–Crippen MR) is 147 cm³/mol. The largest absolute Gasteiger partial charge is 0.478 e. The van der Waals surface area contributed by atoms with Crippen LogP contribution in [0.4, 0.5) is 10.9 Å². The number of aromatic nitrogens is 4. The van der Waals surface area contributed by atoms with Gasteiger partial charge in [-0.05, 0) is 19.1 Å². The summed E-state index contributed by atoms with van der Waals surface area (Å²) in [6.45, 7) is 1.32. The molecule has 1 fully saturated rings. The van der Waals surface area contributed by atoms with Gasteiger partial charge in [-0.25, -0.2) is 19.1 Å². The van der Waals surface area contributed by atoms with Gasteiger partial charge in [0.2, 0.25) is 6.10 Å². The molecule has 0 aliphatic carbocycles. The summed E-state index contributed by atoms with van der Waals surface area (Å²) in [5.74, 6) is -3.65. The zero-order valence-corrected chi connectivity index (χ0v) is 23.3. The molecule has 41 heavy (non-hydrogen) atoms.